The van der Waals surface area contributed by atoms with Crippen molar-refractivity contribution in [3.05, 3.63) is 17.5 Å². The Bertz CT molecular complexity index is 453. The Labute approximate surface area is 131 Å². The van der Waals surface area contributed by atoms with Gasteiger partial charge in [-0.1, -0.05) is 19.0 Å². The molecule has 0 spiro atoms. The van der Waals surface area contributed by atoms with Crippen molar-refractivity contribution < 1.29 is 14.1 Å². The Morgan fingerprint density at radius 2 is 2.27 bits per heavy atom. The van der Waals surface area contributed by atoms with Crippen molar-refractivity contribution >= 4 is 6.03 Å². The van der Waals surface area contributed by atoms with Crippen LogP contribution in [0.3, 0.4) is 0 Å². The first-order valence-corrected chi connectivity index (χ1v) is 8.02. The molecule has 0 radical (unpaired) electrons. The Balaban J connectivity index is 1.69. The average Bonchev–Trinajstić information content (AvgIpc) is 3.02. The average molecular weight is 310 g/mol. The Kier molecular flexibility index (Phi) is 6.67. The number of amides is 2. The van der Waals surface area contributed by atoms with Crippen molar-refractivity contribution in [2.45, 2.75) is 45.3 Å². The third kappa shape index (κ3) is 4.99. The zero-order valence-corrected chi connectivity index (χ0v) is 13.4. The number of morpholine rings is 1. The summed E-state index contributed by atoms with van der Waals surface area (Å²) in [5.74, 6) is 1.09. The molecule has 0 aliphatic carbocycles. The van der Waals surface area contributed by atoms with E-state index in [2.05, 4.69) is 35.0 Å². The monoisotopic (exact) mass is 310 g/mol. The van der Waals surface area contributed by atoms with Crippen molar-refractivity contribution in [1.29, 1.82) is 0 Å². The number of ether oxygens (including phenoxy) is 1. The Morgan fingerprint density at radius 1 is 1.45 bits per heavy atom. The minimum Gasteiger partial charge on any atom is -0.374 e. The smallest absolute Gasteiger partial charge is 0.315 e. The van der Waals surface area contributed by atoms with Gasteiger partial charge < -0.3 is 25.2 Å². The molecule has 124 valence electrons. The van der Waals surface area contributed by atoms with Gasteiger partial charge in [0.1, 0.15) is 0 Å². The molecule has 1 atom stereocenters. The maximum Gasteiger partial charge on any atom is 0.315 e. The van der Waals surface area contributed by atoms with Crippen LogP contribution in [0.1, 0.15) is 44.1 Å². The highest BCUT2D eigenvalue weighted by molar-refractivity contribution is 5.73. The summed E-state index contributed by atoms with van der Waals surface area (Å²) in [5, 5.41) is 12.9. The number of rotatable bonds is 7. The third-order valence-electron chi connectivity index (χ3n) is 3.90. The van der Waals surface area contributed by atoms with Crippen LogP contribution in [-0.2, 0) is 11.3 Å². The Morgan fingerprint density at radius 3 is 2.95 bits per heavy atom. The number of aromatic nitrogens is 1. The summed E-state index contributed by atoms with van der Waals surface area (Å²) < 4.78 is 10.8. The van der Waals surface area contributed by atoms with Gasteiger partial charge in [-0.15, -0.1) is 0 Å². The summed E-state index contributed by atoms with van der Waals surface area (Å²) in [4.78, 5) is 11.8. The fourth-order valence-electron chi connectivity index (χ4n) is 2.50. The van der Waals surface area contributed by atoms with E-state index in [4.69, 9.17) is 9.26 Å². The lowest BCUT2D eigenvalue weighted by Crippen LogP contribution is -2.47. The molecule has 0 aromatic carbocycles. The van der Waals surface area contributed by atoms with Gasteiger partial charge in [-0.05, 0) is 12.8 Å². The third-order valence-corrected chi connectivity index (χ3v) is 3.90. The largest absolute Gasteiger partial charge is 0.374 e. The minimum absolute atomic E-state index is 0.0336. The molecule has 3 N–H and O–H groups in total. The number of urea groups is 1. The van der Waals surface area contributed by atoms with Crippen molar-refractivity contribution in [2.75, 3.05) is 26.2 Å². The van der Waals surface area contributed by atoms with Crippen LogP contribution in [0.4, 0.5) is 4.79 Å². The van der Waals surface area contributed by atoms with Gasteiger partial charge >= 0.3 is 6.03 Å². The molecule has 22 heavy (non-hydrogen) atoms. The van der Waals surface area contributed by atoms with Crippen LogP contribution in [0.2, 0.25) is 0 Å². The predicted octanol–water partition coefficient (Wildman–Crippen LogP) is 1.37. The van der Waals surface area contributed by atoms with Crippen molar-refractivity contribution in [1.82, 2.24) is 21.1 Å². The van der Waals surface area contributed by atoms with Crippen LogP contribution in [0.5, 0.6) is 0 Å². The molecule has 1 unspecified atom stereocenters. The van der Waals surface area contributed by atoms with Crippen LogP contribution in [0.25, 0.3) is 0 Å². The molecular weight excluding hydrogens is 284 g/mol. The van der Waals surface area contributed by atoms with Gasteiger partial charge in [0.15, 0.2) is 5.76 Å². The Hall–Kier alpha value is -1.60. The van der Waals surface area contributed by atoms with E-state index in [1.807, 2.05) is 6.07 Å². The van der Waals surface area contributed by atoms with Crippen molar-refractivity contribution in [2.24, 2.45) is 0 Å². The van der Waals surface area contributed by atoms with Crippen LogP contribution in [0.15, 0.2) is 10.6 Å². The normalized spacial score (nSPS) is 18.4. The lowest BCUT2D eigenvalue weighted by Gasteiger charge is -2.23. The first kappa shape index (κ1) is 16.8. The summed E-state index contributed by atoms with van der Waals surface area (Å²) in [6.07, 6.45) is 2.10. The predicted molar refractivity (Wildman–Crippen MR) is 82.7 cm³/mol. The van der Waals surface area contributed by atoms with Gasteiger partial charge in [-0.25, -0.2) is 4.79 Å². The highest BCUT2D eigenvalue weighted by Gasteiger charge is 2.15. The molecule has 2 amide bonds. The zero-order valence-electron chi connectivity index (χ0n) is 13.4. The van der Waals surface area contributed by atoms with E-state index in [0.29, 0.717) is 31.4 Å². The quantitative estimate of drug-likeness (QED) is 0.708. The highest BCUT2D eigenvalue weighted by Crippen LogP contribution is 2.22. The van der Waals surface area contributed by atoms with Gasteiger partial charge in [0, 0.05) is 31.6 Å². The minimum atomic E-state index is -0.227. The number of nitrogens with one attached hydrogen (secondary N) is 3. The van der Waals surface area contributed by atoms with Gasteiger partial charge in [0.2, 0.25) is 0 Å². The molecule has 0 saturated carbocycles. The zero-order chi connectivity index (χ0) is 15.8. The second kappa shape index (κ2) is 8.75. The van der Waals surface area contributed by atoms with E-state index < -0.39 is 0 Å². The lowest BCUT2D eigenvalue weighted by molar-refractivity contribution is 0.0307. The molecular formula is C15H26N4O3. The molecule has 1 aliphatic rings. The first-order valence-electron chi connectivity index (χ1n) is 8.02. The molecule has 2 heterocycles. The lowest BCUT2D eigenvalue weighted by atomic mass is 9.99. The topological polar surface area (TPSA) is 88.4 Å². The number of carbonyl (C=O) groups excluding carboxylic acids is 1. The van der Waals surface area contributed by atoms with E-state index in [1.54, 1.807) is 0 Å². The standard InChI is InChI=1S/C15H26N4O3/c1-3-11(4-2)14-7-12(22-19-14)9-17-15(20)18-10-13-8-16-5-6-21-13/h7,11,13,16H,3-6,8-10H2,1-2H3,(H2,17,18,20). The number of hydrogen-bond donors (Lipinski definition) is 3. The maximum atomic E-state index is 11.8. The summed E-state index contributed by atoms with van der Waals surface area (Å²) >= 11 is 0. The van der Waals surface area contributed by atoms with Gasteiger partial charge in [0.05, 0.1) is 24.9 Å². The fourth-order valence-corrected chi connectivity index (χ4v) is 2.50. The van der Waals surface area contributed by atoms with Gasteiger partial charge in [-0.3, -0.25) is 0 Å². The summed E-state index contributed by atoms with van der Waals surface area (Å²) in [6.45, 7) is 7.42. The van der Waals surface area contributed by atoms with Crippen LogP contribution in [-0.4, -0.2) is 43.5 Å². The van der Waals surface area contributed by atoms with E-state index in [0.717, 1.165) is 31.6 Å². The molecule has 7 nitrogen and oxygen atoms in total. The summed E-state index contributed by atoms with van der Waals surface area (Å²) in [5.41, 5.74) is 0.962. The van der Waals surface area contributed by atoms with Crippen molar-refractivity contribution in [3.63, 3.8) is 0 Å². The van der Waals surface area contributed by atoms with Gasteiger partial charge in [0.25, 0.3) is 0 Å². The second-order valence-electron chi connectivity index (χ2n) is 5.49. The number of nitrogens with zero attached hydrogens (tertiary/aromatic N) is 1. The fraction of sp³-hybridized carbons (Fsp3) is 0.733. The molecule has 1 aromatic rings. The van der Waals surface area contributed by atoms with E-state index in [1.165, 1.54) is 0 Å². The molecule has 7 heteroatoms. The van der Waals surface area contributed by atoms with Crippen LogP contribution < -0.4 is 16.0 Å². The summed E-state index contributed by atoms with van der Waals surface area (Å²) in [6, 6.07) is 1.70. The molecule has 1 aromatic heterocycles. The maximum absolute atomic E-state index is 11.8. The van der Waals surface area contributed by atoms with Crippen molar-refractivity contribution in [3.8, 4) is 0 Å². The number of carbonyl (C=O) groups is 1. The summed E-state index contributed by atoms with van der Waals surface area (Å²) in [7, 11) is 0. The number of hydrogen-bond acceptors (Lipinski definition) is 5. The van der Waals surface area contributed by atoms with Crippen LogP contribution in [0, 0.1) is 0 Å². The van der Waals surface area contributed by atoms with Gasteiger partial charge in [-0.2, -0.15) is 0 Å². The molecule has 2 rings (SSSR count). The second-order valence-corrected chi connectivity index (χ2v) is 5.49. The van der Waals surface area contributed by atoms with Crippen LogP contribution >= 0.6 is 0 Å². The first-order chi connectivity index (χ1) is 10.7. The SMILES string of the molecule is CCC(CC)c1cc(CNC(=O)NCC2CNCCO2)on1. The molecule has 0 bridgehead atoms. The molecule has 1 fully saturated rings. The van der Waals surface area contributed by atoms with E-state index in [9.17, 15) is 4.79 Å². The van der Waals surface area contributed by atoms with E-state index in [-0.39, 0.29) is 12.1 Å². The highest BCUT2D eigenvalue weighted by atomic mass is 16.5. The molecule has 1 saturated heterocycles. The molecule has 1 aliphatic heterocycles. The van der Waals surface area contributed by atoms with E-state index >= 15 is 0 Å².